The van der Waals surface area contributed by atoms with Gasteiger partial charge in [-0.2, -0.15) is 0 Å². The first kappa shape index (κ1) is 21.7. The fraction of sp³-hybridized carbons (Fsp3) is 0.500. The molecule has 0 saturated carbocycles. The summed E-state index contributed by atoms with van der Waals surface area (Å²) in [5.41, 5.74) is 0. The van der Waals surface area contributed by atoms with E-state index < -0.39 is 10.0 Å². The third-order valence-corrected chi connectivity index (χ3v) is 7.02. The summed E-state index contributed by atoms with van der Waals surface area (Å²) in [6.45, 7) is 5.12. The van der Waals surface area contributed by atoms with Crippen molar-refractivity contribution in [3.63, 3.8) is 0 Å². The van der Waals surface area contributed by atoms with Gasteiger partial charge < -0.3 is 10.2 Å². The average molecular weight is 418 g/mol. The molecule has 0 aromatic heterocycles. The second-order valence-corrected chi connectivity index (χ2v) is 9.51. The Morgan fingerprint density at radius 1 is 1.10 bits per heavy atom. The number of piperidine rings is 1. The number of sulfonamides is 1. The van der Waals surface area contributed by atoms with Crippen LogP contribution < -0.4 is 10.0 Å². The van der Waals surface area contributed by atoms with E-state index in [9.17, 15) is 13.2 Å². The third kappa shape index (κ3) is 6.26. The van der Waals surface area contributed by atoms with Crippen molar-refractivity contribution < 1.29 is 13.2 Å². The first-order valence-corrected chi connectivity index (χ1v) is 11.9. The van der Waals surface area contributed by atoms with Crippen LogP contribution in [0.3, 0.4) is 0 Å². The van der Waals surface area contributed by atoms with Gasteiger partial charge in [0.2, 0.25) is 15.9 Å². The number of likely N-dealkylation sites (tertiary alicyclic amines) is 1. The SMILES string of the molecule is C[C@@H]1CCCCN1CCCNC(=O)CCNS(=O)(=O)c1ccc2ccccc2c1. The first-order chi connectivity index (χ1) is 14.0. The van der Waals surface area contributed by atoms with Crippen molar-refractivity contribution in [1.82, 2.24) is 14.9 Å². The van der Waals surface area contributed by atoms with Crippen LogP contribution in [0, 0.1) is 0 Å². The Labute approximate surface area is 173 Å². The van der Waals surface area contributed by atoms with Crippen LogP contribution in [0.4, 0.5) is 0 Å². The average Bonchev–Trinajstić information content (AvgIpc) is 2.72. The Balaban J connectivity index is 1.38. The molecule has 158 valence electrons. The zero-order chi connectivity index (χ0) is 20.7. The minimum Gasteiger partial charge on any atom is -0.356 e. The second kappa shape index (κ2) is 10.2. The second-order valence-electron chi connectivity index (χ2n) is 7.74. The minimum absolute atomic E-state index is 0.0875. The van der Waals surface area contributed by atoms with Gasteiger partial charge in [-0.15, -0.1) is 0 Å². The van der Waals surface area contributed by atoms with Crippen LogP contribution in [0.2, 0.25) is 0 Å². The summed E-state index contributed by atoms with van der Waals surface area (Å²) in [5.74, 6) is -0.127. The van der Waals surface area contributed by atoms with Gasteiger partial charge in [-0.3, -0.25) is 4.79 Å². The van der Waals surface area contributed by atoms with Gasteiger partial charge in [-0.25, -0.2) is 13.1 Å². The third-order valence-electron chi connectivity index (χ3n) is 5.56. The number of benzene rings is 2. The Morgan fingerprint density at radius 3 is 2.69 bits per heavy atom. The number of hydrogen-bond acceptors (Lipinski definition) is 4. The lowest BCUT2D eigenvalue weighted by Crippen LogP contribution is -2.39. The molecule has 2 aromatic carbocycles. The standard InChI is InChI=1S/C22H31N3O3S/c1-18-7-4-5-15-25(18)16-6-13-23-22(26)12-14-24-29(27,28)21-11-10-19-8-2-3-9-20(19)17-21/h2-3,8-11,17-18,24H,4-7,12-16H2,1H3,(H,23,26)/t18-/m1/s1. The molecule has 1 saturated heterocycles. The van der Waals surface area contributed by atoms with E-state index in [0.717, 1.165) is 30.3 Å². The highest BCUT2D eigenvalue weighted by Gasteiger charge is 2.17. The van der Waals surface area contributed by atoms with E-state index in [1.165, 1.54) is 19.3 Å². The summed E-state index contributed by atoms with van der Waals surface area (Å²) in [5, 5.41) is 4.75. The van der Waals surface area contributed by atoms with Crippen LogP contribution in [-0.2, 0) is 14.8 Å². The number of carbonyl (C=O) groups excluding carboxylic acids is 1. The minimum atomic E-state index is -3.63. The van der Waals surface area contributed by atoms with Crippen molar-refractivity contribution in [3.8, 4) is 0 Å². The molecule has 0 unspecified atom stereocenters. The normalized spacial score (nSPS) is 18.0. The Bertz CT molecular complexity index is 930. The molecule has 1 amide bonds. The molecule has 1 fully saturated rings. The molecule has 0 bridgehead atoms. The number of rotatable bonds is 9. The maximum atomic E-state index is 12.5. The van der Waals surface area contributed by atoms with Crippen molar-refractivity contribution in [2.24, 2.45) is 0 Å². The number of amides is 1. The summed E-state index contributed by atoms with van der Waals surface area (Å²) in [4.78, 5) is 14.7. The lowest BCUT2D eigenvalue weighted by Gasteiger charge is -2.33. The largest absolute Gasteiger partial charge is 0.356 e. The molecule has 1 aliphatic heterocycles. The zero-order valence-electron chi connectivity index (χ0n) is 17.1. The Kier molecular flexibility index (Phi) is 7.64. The fourth-order valence-corrected chi connectivity index (χ4v) is 4.87. The molecule has 2 N–H and O–H groups in total. The van der Waals surface area contributed by atoms with E-state index >= 15 is 0 Å². The number of fused-ring (bicyclic) bond motifs is 1. The molecule has 3 rings (SSSR count). The van der Waals surface area contributed by atoms with Gasteiger partial charge in [0.15, 0.2) is 0 Å². The van der Waals surface area contributed by atoms with Gasteiger partial charge in [0.25, 0.3) is 0 Å². The van der Waals surface area contributed by atoms with Gasteiger partial charge in [-0.1, -0.05) is 36.8 Å². The van der Waals surface area contributed by atoms with Gasteiger partial charge in [-0.05, 0) is 55.6 Å². The van der Waals surface area contributed by atoms with Crippen LogP contribution in [0.1, 0.15) is 39.0 Å². The molecule has 0 spiro atoms. The highest BCUT2D eigenvalue weighted by atomic mass is 32.2. The summed E-state index contributed by atoms with van der Waals surface area (Å²) >= 11 is 0. The van der Waals surface area contributed by atoms with Crippen molar-refractivity contribution in [3.05, 3.63) is 42.5 Å². The van der Waals surface area contributed by atoms with Gasteiger partial charge in [0.1, 0.15) is 0 Å². The van der Waals surface area contributed by atoms with E-state index in [4.69, 9.17) is 0 Å². The van der Waals surface area contributed by atoms with Gasteiger partial charge in [0, 0.05) is 32.1 Å². The highest BCUT2D eigenvalue weighted by molar-refractivity contribution is 7.89. The lowest BCUT2D eigenvalue weighted by molar-refractivity contribution is -0.120. The van der Waals surface area contributed by atoms with E-state index in [-0.39, 0.29) is 23.8 Å². The monoisotopic (exact) mass is 417 g/mol. The first-order valence-electron chi connectivity index (χ1n) is 10.4. The highest BCUT2D eigenvalue weighted by Crippen LogP contribution is 2.19. The van der Waals surface area contributed by atoms with Crippen molar-refractivity contribution >= 4 is 26.7 Å². The molecule has 1 aliphatic rings. The molecule has 1 atom stereocenters. The van der Waals surface area contributed by atoms with Gasteiger partial charge in [0.05, 0.1) is 4.90 Å². The molecular weight excluding hydrogens is 386 g/mol. The van der Waals surface area contributed by atoms with Crippen LogP contribution in [0.15, 0.2) is 47.4 Å². The Hall–Kier alpha value is -1.96. The molecule has 1 heterocycles. The van der Waals surface area contributed by atoms with Crippen LogP contribution in [0.5, 0.6) is 0 Å². The van der Waals surface area contributed by atoms with E-state index in [2.05, 4.69) is 21.9 Å². The Morgan fingerprint density at radius 2 is 1.90 bits per heavy atom. The smallest absolute Gasteiger partial charge is 0.240 e. The fourth-order valence-electron chi connectivity index (χ4n) is 3.80. The molecule has 6 nitrogen and oxygen atoms in total. The van der Waals surface area contributed by atoms with E-state index in [0.29, 0.717) is 12.6 Å². The number of nitrogens with one attached hydrogen (secondary N) is 2. The van der Waals surface area contributed by atoms with Crippen molar-refractivity contribution in [2.45, 2.75) is 50.0 Å². The summed E-state index contributed by atoms with van der Waals surface area (Å²) in [6, 6.07) is 13.3. The van der Waals surface area contributed by atoms with Crippen molar-refractivity contribution in [1.29, 1.82) is 0 Å². The number of hydrogen-bond donors (Lipinski definition) is 2. The van der Waals surface area contributed by atoms with Gasteiger partial charge >= 0.3 is 0 Å². The van der Waals surface area contributed by atoms with Crippen molar-refractivity contribution in [2.75, 3.05) is 26.2 Å². The lowest BCUT2D eigenvalue weighted by atomic mass is 10.0. The molecule has 2 aromatic rings. The van der Waals surface area contributed by atoms with E-state index in [1.54, 1.807) is 18.2 Å². The maximum absolute atomic E-state index is 12.5. The van der Waals surface area contributed by atoms with Crippen LogP contribution in [-0.4, -0.2) is 51.4 Å². The molecule has 29 heavy (non-hydrogen) atoms. The quantitative estimate of drug-likeness (QED) is 0.615. The topological polar surface area (TPSA) is 78.5 Å². The molecule has 0 radical (unpaired) electrons. The predicted octanol–water partition coefficient (Wildman–Crippen LogP) is 2.89. The maximum Gasteiger partial charge on any atom is 0.240 e. The number of nitrogens with zero attached hydrogens (tertiary/aromatic N) is 1. The summed E-state index contributed by atoms with van der Waals surface area (Å²) < 4.78 is 27.5. The van der Waals surface area contributed by atoms with Crippen LogP contribution >= 0.6 is 0 Å². The molecular formula is C22H31N3O3S. The zero-order valence-corrected chi connectivity index (χ0v) is 17.9. The molecule has 0 aliphatic carbocycles. The predicted molar refractivity (Wildman–Crippen MR) is 116 cm³/mol. The summed E-state index contributed by atoms with van der Waals surface area (Å²) in [7, 11) is -3.63. The molecule has 7 heteroatoms. The van der Waals surface area contributed by atoms with Crippen LogP contribution in [0.25, 0.3) is 10.8 Å². The van der Waals surface area contributed by atoms with E-state index in [1.807, 2.05) is 24.3 Å². The number of carbonyl (C=O) groups is 1. The summed E-state index contributed by atoms with van der Waals surface area (Å²) in [6.07, 6.45) is 4.87.